The molecule has 1 heterocycles. The molecule has 180 valence electrons. The number of hydrogen-bond acceptors (Lipinski definition) is 4. The quantitative estimate of drug-likeness (QED) is 0.291. The molecule has 4 rings (SSSR count). The number of aryl methyl sites for hydroxylation is 1. The first-order valence-electron chi connectivity index (χ1n) is 12.1. The highest BCUT2D eigenvalue weighted by atomic mass is 35.5. The van der Waals surface area contributed by atoms with Crippen molar-refractivity contribution in [1.82, 2.24) is 15.3 Å². The first kappa shape index (κ1) is 24.7. The van der Waals surface area contributed by atoms with Gasteiger partial charge in [0.25, 0.3) is 0 Å². The number of benzene rings is 3. The Bertz CT molecular complexity index is 1260. The number of hydrogen-bond donors (Lipinski definition) is 1. The molecule has 6 heteroatoms. The van der Waals surface area contributed by atoms with Crippen LogP contribution in [0.25, 0.3) is 10.9 Å². The largest absolute Gasteiger partial charge is 0.355 e. The first-order valence-corrected chi connectivity index (χ1v) is 12.5. The molecule has 3 aromatic carbocycles. The van der Waals surface area contributed by atoms with Gasteiger partial charge in [0.15, 0.2) is 0 Å². The monoisotopic (exact) mass is 486 g/mol. The van der Waals surface area contributed by atoms with Gasteiger partial charge >= 0.3 is 0 Å². The number of nitrogens with zero attached hydrogens (tertiary/aromatic N) is 3. The summed E-state index contributed by atoms with van der Waals surface area (Å²) in [6, 6.07) is 26.1. The molecule has 35 heavy (non-hydrogen) atoms. The van der Waals surface area contributed by atoms with E-state index in [0.29, 0.717) is 18.0 Å². The van der Waals surface area contributed by atoms with Crippen LogP contribution < -0.4 is 10.2 Å². The lowest BCUT2D eigenvalue weighted by Crippen LogP contribution is -2.34. The minimum Gasteiger partial charge on any atom is -0.355 e. The molecule has 1 amide bonds. The van der Waals surface area contributed by atoms with E-state index in [4.69, 9.17) is 16.6 Å². The Morgan fingerprint density at radius 2 is 1.69 bits per heavy atom. The first-order chi connectivity index (χ1) is 17.0. The molecule has 0 radical (unpaired) electrons. The maximum atomic E-state index is 12.9. The zero-order valence-corrected chi connectivity index (χ0v) is 21.0. The molecular weight excluding hydrogens is 456 g/mol. The van der Waals surface area contributed by atoms with E-state index in [2.05, 4.69) is 39.5 Å². The van der Waals surface area contributed by atoms with E-state index in [1.165, 1.54) is 5.56 Å². The van der Waals surface area contributed by atoms with Crippen LogP contribution in [0.15, 0.2) is 78.9 Å². The van der Waals surface area contributed by atoms with Crippen molar-refractivity contribution in [3.8, 4) is 0 Å². The molecule has 1 aromatic heterocycles. The lowest BCUT2D eigenvalue weighted by molar-refractivity contribution is -0.121. The topological polar surface area (TPSA) is 58.1 Å². The van der Waals surface area contributed by atoms with Gasteiger partial charge in [0.2, 0.25) is 5.91 Å². The van der Waals surface area contributed by atoms with Crippen molar-refractivity contribution in [2.75, 3.05) is 18.0 Å². The summed E-state index contributed by atoms with van der Waals surface area (Å²) in [6.07, 6.45) is 1.94. The highest BCUT2D eigenvalue weighted by molar-refractivity contribution is 6.31. The summed E-state index contributed by atoms with van der Waals surface area (Å²) in [4.78, 5) is 24.7. The van der Waals surface area contributed by atoms with Crippen molar-refractivity contribution < 1.29 is 4.79 Å². The second-order valence-electron chi connectivity index (χ2n) is 8.65. The standard InChI is InChI=1S/C29H31ClN4O/c1-3-27-32-26-20-24(30)14-15-25(26)29(33-27)34(18-16-22-10-6-4-7-11-22)19-17-28(35)31-21(2)23-12-8-5-9-13-23/h4-15,20-21H,3,16-19H2,1-2H3,(H,31,35)/t21-/m0/s1. The molecule has 0 saturated heterocycles. The van der Waals surface area contributed by atoms with E-state index in [9.17, 15) is 4.79 Å². The van der Waals surface area contributed by atoms with Crippen molar-refractivity contribution >= 4 is 34.2 Å². The number of carbonyl (C=O) groups is 1. The van der Waals surface area contributed by atoms with E-state index in [1.54, 1.807) is 0 Å². The fraction of sp³-hybridized carbons (Fsp3) is 0.276. The highest BCUT2D eigenvalue weighted by Crippen LogP contribution is 2.27. The van der Waals surface area contributed by atoms with Crippen LogP contribution in [-0.4, -0.2) is 29.0 Å². The summed E-state index contributed by atoms with van der Waals surface area (Å²) in [5, 5.41) is 4.72. The fourth-order valence-corrected chi connectivity index (χ4v) is 4.31. The van der Waals surface area contributed by atoms with Crippen molar-refractivity contribution in [3.05, 3.63) is 101 Å². The summed E-state index contributed by atoms with van der Waals surface area (Å²) in [6.45, 7) is 5.35. The summed E-state index contributed by atoms with van der Waals surface area (Å²) < 4.78 is 0. The molecule has 0 fully saturated rings. The Kier molecular flexibility index (Phi) is 8.32. The minimum absolute atomic E-state index is 0.0168. The van der Waals surface area contributed by atoms with Crippen LogP contribution >= 0.6 is 11.6 Å². The molecule has 0 saturated carbocycles. The van der Waals surface area contributed by atoms with Gasteiger partial charge in [-0.1, -0.05) is 79.2 Å². The average molecular weight is 487 g/mol. The zero-order valence-electron chi connectivity index (χ0n) is 20.2. The molecule has 0 spiro atoms. The predicted molar refractivity (Wildman–Crippen MR) is 144 cm³/mol. The Labute approximate surface area is 212 Å². The van der Waals surface area contributed by atoms with Gasteiger partial charge in [-0.3, -0.25) is 4.79 Å². The number of carbonyl (C=O) groups excluding carboxylic acids is 1. The van der Waals surface area contributed by atoms with Gasteiger partial charge in [-0.05, 0) is 42.7 Å². The highest BCUT2D eigenvalue weighted by Gasteiger charge is 2.17. The second-order valence-corrected chi connectivity index (χ2v) is 9.09. The van der Waals surface area contributed by atoms with Crippen LogP contribution in [0.4, 0.5) is 5.82 Å². The van der Waals surface area contributed by atoms with Gasteiger partial charge in [-0.15, -0.1) is 0 Å². The van der Waals surface area contributed by atoms with Crippen LogP contribution in [0, 0.1) is 0 Å². The number of fused-ring (bicyclic) bond motifs is 1. The van der Waals surface area contributed by atoms with E-state index >= 15 is 0 Å². The van der Waals surface area contributed by atoms with Crippen LogP contribution in [0.1, 0.15) is 43.3 Å². The van der Waals surface area contributed by atoms with E-state index in [0.717, 1.165) is 47.5 Å². The van der Waals surface area contributed by atoms with Crippen LogP contribution in [0.3, 0.4) is 0 Å². The summed E-state index contributed by atoms with van der Waals surface area (Å²) in [7, 11) is 0. The summed E-state index contributed by atoms with van der Waals surface area (Å²) in [5.74, 6) is 1.63. The van der Waals surface area contributed by atoms with Gasteiger partial charge in [-0.25, -0.2) is 9.97 Å². The van der Waals surface area contributed by atoms with Gasteiger partial charge in [0, 0.05) is 36.3 Å². The molecule has 0 aliphatic carbocycles. The summed E-state index contributed by atoms with van der Waals surface area (Å²) >= 11 is 6.26. The normalized spacial score (nSPS) is 11.9. The second kappa shape index (κ2) is 11.8. The maximum absolute atomic E-state index is 12.9. The van der Waals surface area contributed by atoms with Crippen LogP contribution in [0.5, 0.6) is 0 Å². The third-order valence-electron chi connectivity index (χ3n) is 6.10. The molecule has 0 aliphatic heterocycles. The van der Waals surface area contributed by atoms with Gasteiger partial charge in [-0.2, -0.15) is 0 Å². The van der Waals surface area contributed by atoms with Crippen LogP contribution in [0.2, 0.25) is 5.02 Å². The lowest BCUT2D eigenvalue weighted by atomic mass is 10.1. The Hall–Kier alpha value is -3.44. The number of amides is 1. The number of rotatable bonds is 10. The van der Waals surface area contributed by atoms with Crippen molar-refractivity contribution in [2.24, 2.45) is 0 Å². The van der Waals surface area contributed by atoms with Gasteiger partial charge < -0.3 is 10.2 Å². The Morgan fingerprint density at radius 3 is 2.40 bits per heavy atom. The molecule has 1 atom stereocenters. The van der Waals surface area contributed by atoms with Crippen molar-refractivity contribution in [1.29, 1.82) is 0 Å². The molecule has 1 N–H and O–H groups in total. The Morgan fingerprint density at radius 1 is 0.971 bits per heavy atom. The van der Waals surface area contributed by atoms with E-state index < -0.39 is 0 Å². The van der Waals surface area contributed by atoms with Crippen molar-refractivity contribution in [3.63, 3.8) is 0 Å². The number of nitrogens with one attached hydrogen (secondary N) is 1. The van der Waals surface area contributed by atoms with Crippen LogP contribution in [-0.2, 0) is 17.6 Å². The number of aromatic nitrogens is 2. The van der Waals surface area contributed by atoms with E-state index in [-0.39, 0.29) is 11.9 Å². The average Bonchev–Trinajstić information content (AvgIpc) is 2.89. The lowest BCUT2D eigenvalue weighted by Gasteiger charge is -2.26. The molecule has 4 aromatic rings. The van der Waals surface area contributed by atoms with Gasteiger partial charge in [0.1, 0.15) is 11.6 Å². The van der Waals surface area contributed by atoms with Crippen molar-refractivity contribution in [2.45, 2.75) is 39.2 Å². The minimum atomic E-state index is -0.0461. The van der Waals surface area contributed by atoms with Gasteiger partial charge in [0.05, 0.1) is 11.6 Å². The van der Waals surface area contributed by atoms with E-state index in [1.807, 2.05) is 68.4 Å². The maximum Gasteiger partial charge on any atom is 0.222 e. The smallest absolute Gasteiger partial charge is 0.222 e. The molecule has 0 bridgehead atoms. The Balaban J connectivity index is 1.56. The molecule has 0 aliphatic rings. The predicted octanol–water partition coefficient (Wildman–Crippen LogP) is 6.16. The SMILES string of the molecule is CCc1nc(N(CCC(=O)N[C@@H](C)c2ccccc2)CCc2ccccc2)c2ccc(Cl)cc2n1. The molecule has 0 unspecified atom stereocenters. The third-order valence-corrected chi connectivity index (χ3v) is 6.34. The third kappa shape index (κ3) is 6.58. The fourth-order valence-electron chi connectivity index (χ4n) is 4.14. The number of anilines is 1. The molecular formula is C29H31ClN4O. The number of halogens is 1. The zero-order chi connectivity index (χ0) is 24.6. The molecule has 5 nitrogen and oxygen atoms in total. The summed E-state index contributed by atoms with van der Waals surface area (Å²) in [5.41, 5.74) is 3.16.